The minimum absolute atomic E-state index is 0.386. The molecule has 0 amide bonds. The van der Waals surface area contributed by atoms with Gasteiger partial charge in [-0.3, -0.25) is 0 Å². The largest absolute Gasteiger partial charge is 0.390 e. The first-order valence-corrected chi connectivity index (χ1v) is 5.84. The van der Waals surface area contributed by atoms with Crippen LogP contribution in [0.15, 0.2) is 0 Å². The van der Waals surface area contributed by atoms with Gasteiger partial charge < -0.3 is 5.11 Å². The second-order valence-electron chi connectivity index (χ2n) is 4.15. The van der Waals surface area contributed by atoms with Crippen LogP contribution in [0.1, 0.15) is 66.2 Å². The number of rotatable bonds is 7. The summed E-state index contributed by atoms with van der Waals surface area (Å²) in [7, 11) is 0. The Kier molecular flexibility index (Phi) is 6.40. The van der Waals surface area contributed by atoms with E-state index in [-0.39, 0.29) is 5.60 Å². The van der Waals surface area contributed by atoms with Crippen LogP contribution in [-0.4, -0.2) is 10.7 Å². The average Bonchev–Trinajstić information content (AvgIpc) is 2.19. The minimum Gasteiger partial charge on any atom is -0.390 e. The fraction of sp³-hybridized carbons (Fsp3) is 1.00. The molecule has 13 heavy (non-hydrogen) atoms. The summed E-state index contributed by atoms with van der Waals surface area (Å²) in [5, 5.41) is 10.1. The maximum absolute atomic E-state index is 10.1. The number of hydrogen-bond donors (Lipinski definition) is 1. The zero-order valence-corrected chi connectivity index (χ0v) is 9.77. The molecule has 80 valence electrons. The quantitative estimate of drug-likeness (QED) is 0.642. The Labute approximate surface area is 83.5 Å². The van der Waals surface area contributed by atoms with Crippen molar-refractivity contribution >= 4 is 0 Å². The number of hydrogen-bond acceptors (Lipinski definition) is 1. The molecule has 0 saturated heterocycles. The van der Waals surface area contributed by atoms with Crippen LogP contribution in [0, 0.1) is 5.92 Å². The van der Waals surface area contributed by atoms with Crippen LogP contribution in [0.2, 0.25) is 0 Å². The lowest BCUT2D eigenvalue weighted by atomic mass is 9.86. The van der Waals surface area contributed by atoms with Crippen molar-refractivity contribution in [1.82, 2.24) is 0 Å². The van der Waals surface area contributed by atoms with E-state index in [9.17, 15) is 5.11 Å². The summed E-state index contributed by atoms with van der Waals surface area (Å²) in [5.74, 6) is 0.810. The van der Waals surface area contributed by atoms with Crippen LogP contribution in [0.3, 0.4) is 0 Å². The molecule has 1 nitrogen and oxygen atoms in total. The fourth-order valence-corrected chi connectivity index (χ4v) is 1.77. The lowest BCUT2D eigenvalue weighted by Gasteiger charge is -2.27. The van der Waals surface area contributed by atoms with Crippen LogP contribution < -0.4 is 0 Å². The fourth-order valence-electron chi connectivity index (χ4n) is 1.77. The van der Waals surface area contributed by atoms with Crippen molar-refractivity contribution in [2.24, 2.45) is 5.92 Å². The summed E-state index contributed by atoms with van der Waals surface area (Å²) in [4.78, 5) is 0. The van der Waals surface area contributed by atoms with E-state index in [1.807, 2.05) is 0 Å². The van der Waals surface area contributed by atoms with Crippen LogP contribution in [0.4, 0.5) is 0 Å². The molecule has 0 aromatic rings. The third-order valence-corrected chi connectivity index (χ3v) is 3.49. The van der Waals surface area contributed by atoms with E-state index >= 15 is 0 Å². The highest BCUT2D eigenvalue weighted by atomic mass is 16.3. The second-order valence-corrected chi connectivity index (χ2v) is 4.15. The van der Waals surface area contributed by atoms with Gasteiger partial charge in [-0.05, 0) is 31.6 Å². The Hall–Kier alpha value is -0.0400. The minimum atomic E-state index is -0.386. The van der Waals surface area contributed by atoms with Gasteiger partial charge in [-0.2, -0.15) is 0 Å². The molecular formula is C12H26O. The van der Waals surface area contributed by atoms with E-state index in [0.29, 0.717) is 0 Å². The molecule has 0 unspecified atom stereocenters. The summed E-state index contributed by atoms with van der Waals surface area (Å²) in [5.41, 5.74) is -0.386. The van der Waals surface area contributed by atoms with Crippen LogP contribution in [-0.2, 0) is 0 Å². The third-order valence-electron chi connectivity index (χ3n) is 3.49. The van der Waals surface area contributed by atoms with Crippen LogP contribution in [0.5, 0.6) is 0 Å². The van der Waals surface area contributed by atoms with Crippen molar-refractivity contribution in [2.45, 2.75) is 71.8 Å². The van der Waals surface area contributed by atoms with Gasteiger partial charge in [-0.1, -0.05) is 40.5 Å². The lowest BCUT2D eigenvalue weighted by Crippen LogP contribution is -2.27. The van der Waals surface area contributed by atoms with Gasteiger partial charge in [0.2, 0.25) is 0 Å². The molecule has 0 aromatic carbocycles. The zero-order chi connectivity index (χ0) is 10.3. The summed E-state index contributed by atoms with van der Waals surface area (Å²) < 4.78 is 0. The molecule has 0 bridgehead atoms. The van der Waals surface area contributed by atoms with Gasteiger partial charge in [0.15, 0.2) is 0 Å². The molecule has 0 radical (unpaired) electrons. The summed E-state index contributed by atoms with van der Waals surface area (Å²) in [6.07, 6.45) is 6.45. The Morgan fingerprint density at radius 2 is 1.46 bits per heavy atom. The topological polar surface area (TPSA) is 20.2 Å². The second kappa shape index (κ2) is 6.42. The third kappa shape index (κ3) is 4.66. The molecule has 0 rings (SSSR count). The Bertz CT molecular complexity index is 112. The average molecular weight is 186 g/mol. The molecule has 0 fully saturated rings. The molecule has 0 aliphatic rings. The van der Waals surface area contributed by atoms with Crippen molar-refractivity contribution in [2.75, 3.05) is 0 Å². The van der Waals surface area contributed by atoms with Crippen molar-refractivity contribution in [3.05, 3.63) is 0 Å². The Morgan fingerprint density at radius 3 is 1.77 bits per heavy atom. The van der Waals surface area contributed by atoms with Gasteiger partial charge in [-0.15, -0.1) is 0 Å². The maximum Gasteiger partial charge on any atom is 0.0642 e. The highest BCUT2D eigenvalue weighted by Crippen LogP contribution is 2.25. The van der Waals surface area contributed by atoms with E-state index < -0.39 is 0 Å². The highest BCUT2D eigenvalue weighted by molar-refractivity contribution is 4.75. The molecule has 0 aliphatic heterocycles. The SMILES string of the molecule is CCC(CC)CCC(O)(CC)CC. The molecule has 0 aromatic heterocycles. The lowest BCUT2D eigenvalue weighted by molar-refractivity contribution is 0.0172. The zero-order valence-electron chi connectivity index (χ0n) is 9.77. The molecule has 1 heteroatoms. The van der Waals surface area contributed by atoms with Crippen molar-refractivity contribution in [3.63, 3.8) is 0 Å². The van der Waals surface area contributed by atoms with E-state index in [1.165, 1.54) is 19.3 Å². The van der Waals surface area contributed by atoms with Gasteiger partial charge in [0.1, 0.15) is 0 Å². The smallest absolute Gasteiger partial charge is 0.0642 e. The van der Waals surface area contributed by atoms with Gasteiger partial charge in [-0.25, -0.2) is 0 Å². The first kappa shape index (κ1) is 13.0. The monoisotopic (exact) mass is 186 g/mol. The van der Waals surface area contributed by atoms with Crippen LogP contribution >= 0.6 is 0 Å². The predicted molar refractivity (Wildman–Crippen MR) is 58.8 cm³/mol. The molecule has 0 heterocycles. The summed E-state index contributed by atoms with van der Waals surface area (Å²) in [6.45, 7) is 8.64. The normalized spacial score (nSPS) is 12.5. The van der Waals surface area contributed by atoms with E-state index in [2.05, 4.69) is 27.7 Å². The molecular weight excluding hydrogens is 160 g/mol. The maximum atomic E-state index is 10.1. The van der Waals surface area contributed by atoms with Gasteiger partial charge in [0, 0.05) is 0 Å². The summed E-state index contributed by atoms with van der Waals surface area (Å²) in [6, 6.07) is 0. The molecule has 0 aliphatic carbocycles. The van der Waals surface area contributed by atoms with Crippen molar-refractivity contribution in [3.8, 4) is 0 Å². The molecule has 1 N–H and O–H groups in total. The number of aliphatic hydroxyl groups is 1. The predicted octanol–water partition coefficient (Wildman–Crippen LogP) is 3.75. The van der Waals surface area contributed by atoms with Gasteiger partial charge in [0.05, 0.1) is 5.60 Å². The van der Waals surface area contributed by atoms with Crippen molar-refractivity contribution in [1.29, 1.82) is 0 Å². The Balaban J connectivity index is 3.83. The summed E-state index contributed by atoms with van der Waals surface area (Å²) >= 11 is 0. The molecule has 0 atom stereocenters. The van der Waals surface area contributed by atoms with Gasteiger partial charge in [0.25, 0.3) is 0 Å². The molecule has 0 spiro atoms. The van der Waals surface area contributed by atoms with Gasteiger partial charge >= 0.3 is 0 Å². The van der Waals surface area contributed by atoms with Crippen LogP contribution in [0.25, 0.3) is 0 Å². The first-order chi connectivity index (χ1) is 6.11. The highest BCUT2D eigenvalue weighted by Gasteiger charge is 2.22. The van der Waals surface area contributed by atoms with E-state index in [4.69, 9.17) is 0 Å². The van der Waals surface area contributed by atoms with Crippen molar-refractivity contribution < 1.29 is 5.11 Å². The standard InChI is InChI=1S/C12H26O/c1-5-11(6-2)9-10-12(13,7-3)8-4/h11,13H,5-10H2,1-4H3. The molecule has 0 saturated carbocycles. The van der Waals surface area contributed by atoms with E-state index in [1.54, 1.807) is 0 Å². The Morgan fingerprint density at radius 1 is 1.00 bits per heavy atom. The first-order valence-electron chi connectivity index (χ1n) is 5.84. The van der Waals surface area contributed by atoms with E-state index in [0.717, 1.165) is 25.2 Å².